The summed E-state index contributed by atoms with van der Waals surface area (Å²) in [4.78, 5) is 15.7. The number of nitriles is 2. The Balaban J connectivity index is 1.83. The molecule has 1 aromatic heterocycles. The number of unbranched alkanes of at least 4 members (excludes halogenated alkanes) is 3. The molecule has 0 spiro atoms. The van der Waals surface area contributed by atoms with Crippen LogP contribution in [0.3, 0.4) is 0 Å². The summed E-state index contributed by atoms with van der Waals surface area (Å²) < 4.78 is 0. The lowest BCUT2D eigenvalue weighted by Crippen LogP contribution is -2.29. The summed E-state index contributed by atoms with van der Waals surface area (Å²) in [5, 5.41) is 31.0. The van der Waals surface area contributed by atoms with Gasteiger partial charge in [0.2, 0.25) is 5.78 Å². The summed E-state index contributed by atoms with van der Waals surface area (Å²) in [6.07, 6.45) is 6.25. The lowest BCUT2D eigenvalue weighted by Gasteiger charge is -2.29. The van der Waals surface area contributed by atoms with Gasteiger partial charge in [0, 0.05) is 33.8 Å². The van der Waals surface area contributed by atoms with Crippen LogP contribution in [0.4, 0.5) is 5.69 Å². The van der Waals surface area contributed by atoms with Crippen molar-refractivity contribution < 1.29 is 9.90 Å². The Hall–Kier alpha value is -3.61. The summed E-state index contributed by atoms with van der Waals surface area (Å²) in [7, 11) is 0. The minimum Gasteiger partial charge on any atom is -0.504 e. The molecular weight excluding hydrogens is 442 g/mol. The van der Waals surface area contributed by atoms with Crippen molar-refractivity contribution in [1.82, 2.24) is 0 Å². The number of nitrogens with zero attached hydrogens (tertiary/aromatic N) is 3. The van der Waals surface area contributed by atoms with Crippen molar-refractivity contribution in [3.63, 3.8) is 0 Å². The van der Waals surface area contributed by atoms with Crippen molar-refractivity contribution in [1.29, 1.82) is 10.5 Å². The minimum atomic E-state index is -0.646. The van der Waals surface area contributed by atoms with Gasteiger partial charge in [0.1, 0.15) is 17.7 Å². The second kappa shape index (κ2) is 9.33. The van der Waals surface area contributed by atoms with Crippen molar-refractivity contribution in [3.05, 3.63) is 75.5 Å². The summed E-state index contributed by atoms with van der Waals surface area (Å²) in [5.41, 5.74) is 4.02. The first-order valence-corrected chi connectivity index (χ1v) is 12.4. The van der Waals surface area contributed by atoms with E-state index >= 15 is 0 Å². The van der Waals surface area contributed by atoms with Crippen LogP contribution in [-0.2, 0) is 10.2 Å². The summed E-state index contributed by atoms with van der Waals surface area (Å²) in [5.74, 6) is -1.03. The number of aliphatic hydroxyl groups excluding tert-OH is 1. The van der Waals surface area contributed by atoms with Gasteiger partial charge in [-0.2, -0.15) is 10.5 Å². The molecule has 6 heteroatoms. The van der Waals surface area contributed by atoms with Crippen molar-refractivity contribution in [3.8, 4) is 22.6 Å². The van der Waals surface area contributed by atoms with E-state index in [4.69, 9.17) is 0 Å². The molecule has 5 nitrogen and oxygen atoms in total. The molecule has 2 aromatic rings. The van der Waals surface area contributed by atoms with Crippen LogP contribution in [0.2, 0.25) is 0 Å². The third kappa shape index (κ3) is 3.85. The molecule has 1 aliphatic heterocycles. The quantitative estimate of drug-likeness (QED) is 0.276. The monoisotopic (exact) mass is 469 g/mol. The van der Waals surface area contributed by atoms with Crippen LogP contribution in [-0.4, -0.2) is 17.4 Å². The average molecular weight is 470 g/mol. The zero-order valence-electron chi connectivity index (χ0n) is 19.7. The van der Waals surface area contributed by atoms with Gasteiger partial charge in [-0.3, -0.25) is 4.79 Å². The highest BCUT2D eigenvalue weighted by molar-refractivity contribution is 7.13. The van der Waals surface area contributed by atoms with E-state index in [1.54, 1.807) is 29.6 Å². The lowest BCUT2D eigenvalue weighted by molar-refractivity contribution is -0.115. The normalized spacial score (nSPS) is 17.4. The van der Waals surface area contributed by atoms with Gasteiger partial charge in [-0.05, 0) is 47.2 Å². The Labute approximate surface area is 204 Å². The molecular formula is C28H27N3O2S. The van der Waals surface area contributed by atoms with Gasteiger partial charge in [-0.1, -0.05) is 52.2 Å². The van der Waals surface area contributed by atoms with E-state index in [0.717, 1.165) is 42.8 Å². The number of fused-ring (bicyclic) bond motifs is 1. The molecule has 2 aliphatic rings. The number of thiophene rings is 1. The molecule has 1 aromatic carbocycles. The highest BCUT2D eigenvalue weighted by Crippen LogP contribution is 2.50. The summed E-state index contributed by atoms with van der Waals surface area (Å²) >= 11 is 1.70. The number of rotatable bonds is 7. The minimum absolute atomic E-state index is 0.00645. The maximum atomic E-state index is 12.3. The largest absolute Gasteiger partial charge is 0.504 e. The number of allylic oxidation sites excluding steroid dienone is 5. The van der Waals surface area contributed by atoms with Crippen LogP contribution in [0.1, 0.15) is 52.0 Å². The van der Waals surface area contributed by atoms with Crippen LogP contribution in [0.15, 0.2) is 70.0 Å². The Bertz CT molecular complexity index is 1300. The van der Waals surface area contributed by atoms with Gasteiger partial charge in [0.25, 0.3) is 0 Å². The van der Waals surface area contributed by atoms with Gasteiger partial charge in [-0.25, -0.2) is 0 Å². The van der Waals surface area contributed by atoms with E-state index in [-0.39, 0.29) is 22.5 Å². The topological polar surface area (TPSA) is 88.1 Å². The maximum Gasteiger partial charge on any atom is 0.230 e. The standard InChI is InChI=1S/C28H27N3O2S/c1-4-5-6-7-12-31-22-11-10-18(23-9-8-13-34-23)14-21(22)28(2,3)24(31)15-20-25(19(16-29)17-30)27(33)26(20)32/h8-11,13-15,32H,4-7,12H2,1-3H3. The molecule has 0 bridgehead atoms. The van der Waals surface area contributed by atoms with Crippen LogP contribution in [0, 0.1) is 22.7 Å². The summed E-state index contributed by atoms with van der Waals surface area (Å²) in [6.45, 7) is 7.27. The second-order valence-electron chi connectivity index (χ2n) is 9.14. The third-order valence-electron chi connectivity index (χ3n) is 6.65. The first kappa shape index (κ1) is 23.5. The fourth-order valence-electron chi connectivity index (χ4n) is 4.75. The highest BCUT2D eigenvalue weighted by Gasteiger charge is 2.43. The van der Waals surface area contributed by atoms with Gasteiger partial charge < -0.3 is 10.0 Å². The summed E-state index contributed by atoms with van der Waals surface area (Å²) in [6, 6.07) is 14.3. The lowest BCUT2D eigenvalue weighted by atomic mass is 9.79. The molecule has 172 valence electrons. The number of hydrogen-bond donors (Lipinski definition) is 1. The molecule has 34 heavy (non-hydrogen) atoms. The van der Waals surface area contributed by atoms with Crippen LogP contribution in [0.25, 0.3) is 10.4 Å². The zero-order chi connectivity index (χ0) is 24.5. The number of ketones is 1. The fraction of sp³-hybridized carbons (Fsp3) is 0.321. The van der Waals surface area contributed by atoms with Crippen molar-refractivity contribution in [2.75, 3.05) is 11.4 Å². The molecule has 4 rings (SSSR count). The van der Waals surface area contributed by atoms with E-state index in [9.17, 15) is 20.4 Å². The van der Waals surface area contributed by atoms with Crippen molar-refractivity contribution in [2.24, 2.45) is 0 Å². The Kier molecular flexibility index (Phi) is 6.46. The van der Waals surface area contributed by atoms with Crippen LogP contribution >= 0.6 is 11.3 Å². The molecule has 1 N–H and O–H groups in total. The number of carbonyl (C=O) groups excluding carboxylic acids is 1. The average Bonchev–Trinajstić information content (AvgIpc) is 3.45. The van der Waals surface area contributed by atoms with Gasteiger partial charge in [-0.15, -0.1) is 11.3 Å². The number of anilines is 1. The molecule has 0 saturated heterocycles. The Morgan fingerprint density at radius 2 is 1.94 bits per heavy atom. The molecule has 0 fully saturated rings. The van der Waals surface area contributed by atoms with E-state index in [2.05, 4.69) is 55.3 Å². The van der Waals surface area contributed by atoms with Crippen molar-refractivity contribution in [2.45, 2.75) is 51.9 Å². The van der Waals surface area contributed by atoms with E-state index in [1.165, 1.54) is 16.9 Å². The van der Waals surface area contributed by atoms with Gasteiger partial charge in [0.05, 0.1) is 5.57 Å². The Morgan fingerprint density at radius 3 is 2.59 bits per heavy atom. The van der Waals surface area contributed by atoms with E-state index in [1.807, 2.05) is 6.07 Å². The predicted octanol–water partition coefficient (Wildman–Crippen LogP) is 6.72. The highest BCUT2D eigenvalue weighted by atomic mass is 32.1. The number of benzene rings is 1. The van der Waals surface area contributed by atoms with Crippen LogP contribution in [0.5, 0.6) is 0 Å². The predicted molar refractivity (Wildman–Crippen MR) is 135 cm³/mol. The Morgan fingerprint density at radius 1 is 1.18 bits per heavy atom. The first-order valence-electron chi connectivity index (χ1n) is 11.6. The SMILES string of the molecule is CCCCCCN1C(=CC2=C(O)C(=O)C2=C(C#N)C#N)C(C)(C)c2cc(-c3cccs3)ccc21. The molecule has 0 saturated carbocycles. The first-order chi connectivity index (χ1) is 16.3. The van der Waals surface area contributed by atoms with Gasteiger partial charge in [0.15, 0.2) is 5.76 Å². The molecule has 0 radical (unpaired) electrons. The number of carbonyl (C=O) groups is 1. The molecule has 0 unspecified atom stereocenters. The molecule has 0 atom stereocenters. The van der Waals surface area contributed by atoms with Gasteiger partial charge >= 0.3 is 0 Å². The number of Topliss-reactive ketones (excluding diaryl/α,β-unsaturated/α-hetero) is 1. The molecule has 2 heterocycles. The maximum absolute atomic E-state index is 12.3. The third-order valence-corrected chi connectivity index (χ3v) is 7.57. The van der Waals surface area contributed by atoms with Crippen molar-refractivity contribution >= 4 is 22.8 Å². The van der Waals surface area contributed by atoms with E-state index < -0.39 is 11.2 Å². The van der Waals surface area contributed by atoms with Crippen LogP contribution < -0.4 is 4.90 Å². The molecule has 0 amide bonds. The fourth-order valence-corrected chi connectivity index (χ4v) is 5.47. The number of hydrogen-bond acceptors (Lipinski definition) is 6. The zero-order valence-corrected chi connectivity index (χ0v) is 20.5. The molecule has 1 aliphatic carbocycles. The smallest absolute Gasteiger partial charge is 0.230 e. The van der Waals surface area contributed by atoms with E-state index in [0.29, 0.717) is 0 Å². The second-order valence-corrected chi connectivity index (χ2v) is 10.1. The number of aliphatic hydroxyl groups is 1.